The average Bonchev–Trinajstić information content (AvgIpc) is 2.35. The van der Waals surface area contributed by atoms with Gasteiger partial charge in [0.05, 0.1) is 11.1 Å². The summed E-state index contributed by atoms with van der Waals surface area (Å²) >= 11 is 3.54. The predicted octanol–water partition coefficient (Wildman–Crippen LogP) is 4.28. The standard InChI is InChI=1S/C14H22BrNO/c1-4-8-17-13-7-6-11(9-12(13)15)14(16)10(3)5-2/h6-7,9-10,14H,4-5,8,16H2,1-3H3. The fourth-order valence-electron chi connectivity index (χ4n) is 1.64. The molecule has 0 saturated heterocycles. The molecule has 0 aromatic heterocycles. The fraction of sp³-hybridized carbons (Fsp3) is 0.571. The van der Waals surface area contributed by atoms with E-state index in [2.05, 4.69) is 48.8 Å². The average molecular weight is 300 g/mol. The maximum Gasteiger partial charge on any atom is 0.133 e. The Morgan fingerprint density at radius 2 is 2.06 bits per heavy atom. The molecule has 1 aromatic carbocycles. The molecule has 1 aromatic rings. The van der Waals surface area contributed by atoms with Crippen LogP contribution in [0.2, 0.25) is 0 Å². The predicted molar refractivity (Wildman–Crippen MR) is 76.3 cm³/mol. The molecular formula is C14H22BrNO. The zero-order valence-electron chi connectivity index (χ0n) is 10.9. The van der Waals surface area contributed by atoms with Gasteiger partial charge in [-0.25, -0.2) is 0 Å². The molecule has 2 atom stereocenters. The van der Waals surface area contributed by atoms with Gasteiger partial charge in [0.25, 0.3) is 0 Å². The lowest BCUT2D eigenvalue weighted by Crippen LogP contribution is -2.18. The molecule has 0 spiro atoms. The summed E-state index contributed by atoms with van der Waals surface area (Å²) in [6.45, 7) is 7.19. The summed E-state index contributed by atoms with van der Waals surface area (Å²) in [5.41, 5.74) is 7.37. The van der Waals surface area contributed by atoms with Crippen molar-refractivity contribution in [1.82, 2.24) is 0 Å². The van der Waals surface area contributed by atoms with Crippen LogP contribution in [0.5, 0.6) is 5.75 Å². The van der Waals surface area contributed by atoms with Crippen LogP contribution in [0.25, 0.3) is 0 Å². The molecular weight excluding hydrogens is 278 g/mol. The van der Waals surface area contributed by atoms with Crippen molar-refractivity contribution in [2.24, 2.45) is 11.7 Å². The Balaban J connectivity index is 2.80. The molecule has 96 valence electrons. The topological polar surface area (TPSA) is 35.2 Å². The third kappa shape index (κ3) is 4.00. The van der Waals surface area contributed by atoms with E-state index in [1.54, 1.807) is 0 Å². The molecule has 1 rings (SSSR count). The third-order valence-corrected chi connectivity index (χ3v) is 3.68. The van der Waals surface area contributed by atoms with Gasteiger partial charge in [0.15, 0.2) is 0 Å². The quantitative estimate of drug-likeness (QED) is 0.851. The summed E-state index contributed by atoms with van der Waals surface area (Å²) < 4.78 is 6.61. The van der Waals surface area contributed by atoms with Gasteiger partial charge in [0.1, 0.15) is 5.75 Å². The van der Waals surface area contributed by atoms with E-state index in [1.807, 2.05) is 6.07 Å². The van der Waals surface area contributed by atoms with Crippen molar-refractivity contribution >= 4 is 15.9 Å². The summed E-state index contributed by atoms with van der Waals surface area (Å²) in [5, 5.41) is 0. The molecule has 0 aliphatic carbocycles. The van der Waals surface area contributed by atoms with Gasteiger partial charge in [-0.1, -0.05) is 33.3 Å². The van der Waals surface area contributed by atoms with Crippen molar-refractivity contribution in [2.45, 2.75) is 39.7 Å². The minimum Gasteiger partial charge on any atom is -0.492 e. The van der Waals surface area contributed by atoms with Crippen LogP contribution in [0.15, 0.2) is 22.7 Å². The van der Waals surface area contributed by atoms with E-state index in [0.29, 0.717) is 5.92 Å². The Hall–Kier alpha value is -0.540. The monoisotopic (exact) mass is 299 g/mol. The van der Waals surface area contributed by atoms with E-state index in [4.69, 9.17) is 10.5 Å². The van der Waals surface area contributed by atoms with Crippen LogP contribution in [0.3, 0.4) is 0 Å². The van der Waals surface area contributed by atoms with Gasteiger partial charge < -0.3 is 10.5 Å². The van der Waals surface area contributed by atoms with Gasteiger partial charge in [0.2, 0.25) is 0 Å². The lowest BCUT2D eigenvalue weighted by molar-refractivity contribution is 0.315. The minimum absolute atomic E-state index is 0.0940. The van der Waals surface area contributed by atoms with Crippen molar-refractivity contribution < 1.29 is 4.74 Å². The van der Waals surface area contributed by atoms with Crippen LogP contribution in [0, 0.1) is 5.92 Å². The number of halogens is 1. The molecule has 0 aliphatic heterocycles. The van der Waals surface area contributed by atoms with E-state index < -0.39 is 0 Å². The number of benzene rings is 1. The summed E-state index contributed by atoms with van der Waals surface area (Å²) in [4.78, 5) is 0. The second-order valence-electron chi connectivity index (χ2n) is 4.45. The third-order valence-electron chi connectivity index (χ3n) is 3.06. The number of rotatable bonds is 6. The van der Waals surface area contributed by atoms with Crippen molar-refractivity contribution in [1.29, 1.82) is 0 Å². The number of hydrogen-bond donors (Lipinski definition) is 1. The highest BCUT2D eigenvalue weighted by Gasteiger charge is 2.14. The molecule has 0 fully saturated rings. The molecule has 0 aliphatic rings. The number of nitrogens with two attached hydrogens (primary N) is 1. The van der Waals surface area contributed by atoms with Crippen molar-refractivity contribution in [3.8, 4) is 5.75 Å². The highest BCUT2D eigenvalue weighted by molar-refractivity contribution is 9.10. The van der Waals surface area contributed by atoms with Crippen molar-refractivity contribution in [3.05, 3.63) is 28.2 Å². The zero-order chi connectivity index (χ0) is 12.8. The first-order chi connectivity index (χ1) is 8.10. The van der Waals surface area contributed by atoms with Gasteiger partial charge in [-0.2, -0.15) is 0 Å². The van der Waals surface area contributed by atoms with Crippen LogP contribution in [0.1, 0.15) is 45.2 Å². The molecule has 17 heavy (non-hydrogen) atoms. The molecule has 0 heterocycles. The van der Waals surface area contributed by atoms with E-state index >= 15 is 0 Å². The summed E-state index contributed by atoms with van der Waals surface area (Å²) in [5.74, 6) is 1.39. The molecule has 0 saturated carbocycles. The molecule has 0 amide bonds. The van der Waals surface area contributed by atoms with Crippen LogP contribution in [0.4, 0.5) is 0 Å². The Morgan fingerprint density at radius 3 is 2.59 bits per heavy atom. The van der Waals surface area contributed by atoms with Crippen molar-refractivity contribution in [3.63, 3.8) is 0 Å². The highest BCUT2D eigenvalue weighted by Crippen LogP contribution is 2.30. The Bertz CT molecular complexity index is 354. The van der Waals surface area contributed by atoms with E-state index in [9.17, 15) is 0 Å². The first-order valence-electron chi connectivity index (χ1n) is 6.27. The van der Waals surface area contributed by atoms with Crippen LogP contribution < -0.4 is 10.5 Å². The van der Waals surface area contributed by atoms with Gasteiger partial charge in [-0.15, -0.1) is 0 Å². The maximum absolute atomic E-state index is 6.21. The molecule has 2 unspecified atom stereocenters. The van der Waals surface area contributed by atoms with Crippen LogP contribution in [-0.2, 0) is 0 Å². The van der Waals surface area contributed by atoms with Crippen LogP contribution >= 0.6 is 15.9 Å². The second-order valence-corrected chi connectivity index (χ2v) is 5.30. The summed E-state index contributed by atoms with van der Waals surface area (Å²) in [6, 6.07) is 6.22. The van der Waals surface area contributed by atoms with Gasteiger partial charge >= 0.3 is 0 Å². The van der Waals surface area contributed by atoms with Gasteiger partial charge in [-0.05, 0) is 46.0 Å². The molecule has 2 nitrogen and oxygen atoms in total. The number of hydrogen-bond acceptors (Lipinski definition) is 2. The SMILES string of the molecule is CCCOc1ccc(C(N)C(C)CC)cc1Br. The summed E-state index contributed by atoms with van der Waals surface area (Å²) in [7, 11) is 0. The zero-order valence-corrected chi connectivity index (χ0v) is 12.5. The van der Waals surface area contributed by atoms with E-state index in [1.165, 1.54) is 0 Å². The summed E-state index contributed by atoms with van der Waals surface area (Å²) in [6.07, 6.45) is 2.10. The Labute approximate surface area is 113 Å². The first kappa shape index (κ1) is 14.5. The minimum atomic E-state index is 0.0940. The lowest BCUT2D eigenvalue weighted by atomic mass is 9.93. The fourth-order valence-corrected chi connectivity index (χ4v) is 2.15. The highest BCUT2D eigenvalue weighted by atomic mass is 79.9. The molecule has 0 radical (unpaired) electrons. The molecule has 0 bridgehead atoms. The van der Waals surface area contributed by atoms with E-state index in [-0.39, 0.29) is 6.04 Å². The Morgan fingerprint density at radius 1 is 1.35 bits per heavy atom. The van der Waals surface area contributed by atoms with E-state index in [0.717, 1.165) is 35.2 Å². The largest absolute Gasteiger partial charge is 0.492 e. The van der Waals surface area contributed by atoms with Crippen molar-refractivity contribution in [2.75, 3.05) is 6.61 Å². The smallest absolute Gasteiger partial charge is 0.133 e. The lowest BCUT2D eigenvalue weighted by Gasteiger charge is -2.19. The Kier molecular flexibility index (Phi) is 6.00. The normalized spacial score (nSPS) is 14.4. The van der Waals surface area contributed by atoms with Gasteiger partial charge in [0, 0.05) is 6.04 Å². The molecule has 2 N–H and O–H groups in total. The first-order valence-corrected chi connectivity index (χ1v) is 7.07. The maximum atomic E-state index is 6.21. The van der Waals surface area contributed by atoms with Gasteiger partial charge in [-0.3, -0.25) is 0 Å². The number of ether oxygens (including phenoxy) is 1. The van der Waals surface area contributed by atoms with Crippen LogP contribution in [-0.4, -0.2) is 6.61 Å². The second kappa shape index (κ2) is 7.02. The molecule has 3 heteroatoms.